The van der Waals surface area contributed by atoms with Gasteiger partial charge in [0.05, 0.1) is 6.61 Å². The number of ether oxygens (including phenoxy) is 1. The Labute approximate surface area is 113 Å². The molecule has 2 heteroatoms. The van der Waals surface area contributed by atoms with Crippen molar-refractivity contribution in [3.05, 3.63) is 0 Å². The Morgan fingerprint density at radius 3 is 2.00 bits per heavy atom. The molecule has 0 saturated heterocycles. The molecule has 1 unspecified atom stereocenters. The fourth-order valence-corrected chi connectivity index (χ4v) is 2.35. The van der Waals surface area contributed by atoms with Gasteiger partial charge >= 0.3 is 5.97 Å². The first kappa shape index (κ1) is 17.5. The molecule has 0 rings (SSSR count). The molecule has 0 aliphatic heterocycles. The van der Waals surface area contributed by atoms with Gasteiger partial charge < -0.3 is 4.74 Å². The second kappa shape index (κ2) is 12.9. The summed E-state index contributed by atoms with van der Waals surface area (Å²) in [5.41, 5.74) is 0. The number of rotatable bonds is 12. The van der Waals surface area contributed by atoms with Gasteiger partial charge in [-0.05, 0) is 25.7 Å². The van der Waals surface area contributed by atoms with Crippen LogP contribution in [0.15, 0.2) is 0 Å². The maximum atomic E-state index is 11.6. The molecule has 18 heavy (non-hydrogen) atoms. The van der Waals surface area contributed by atoms with E-state index >= 15 is 0 Å². The van der Waals surface area contributed by atoms with Crippen molar-refractivity contribution >= 4 is 5.97 Å². The lowest BCUT2D eigenvalue weighted by Gasteiger charge is -2.15. The van der Waals surface area contributed by atoms with Crippen LogP contribution in [0.25, 0.3) is 0 Å². The Morgan fingerprint density at radius 2 is 1.44 bits per heavy atom. The average molecular weight is 256 g/mol. The summed E-state index contributed by atoms with van der Waals surface area (Å²) >= 11 is 0. The Morgan fingerprint density at radius 1 is 0.889 bits per heavy atom. The summed E-state index contributed by atoms with van der Waals surface area (Å²) in [6.45, 7) is 6.85. The second-order valence-electron chi connectivity index (χ2n) is 5.22. The van der Waals surface area contributed by atoms with Crippen molar-refractivity contribution in [1.29, 1.82) is 0 Å². The molecular formula is C16H32O2. The third kappa shape index (κ3) is 10.6. The van der Waals surface area contributed by atoms with Crippen molar-refractivity contribution in [3.63, 3.8) is 0 Å². The van der Waals surface area contributed by atoms with E-state index in [1.165, 1.54) is 57.8 Å². The molecule has 0 aromatic carbocycles. The molecule has 0 aromatic heterocycles. The monoisotopic (exact) mass is 256 g/mol. The molecule has 0 heterocycles. The van der Waals surface area contributed by atoms with Crippen molar-refractivity contribution in [2.45, 2.75) is 85.0 Å². The fraction of sp³-hybridized carbons (Fsp3) is 0.938. The van der Waals surface area contributed by atoms with Gasteiger partial charge in [-0.25, -0.2) is 0 Å². The van der Waals surface area contributed by atoms with Crippen LogP contribution in [0.4, 0.5) is 0 Å². The molecule has 2 nitrogen and oxygen atoms in total. The third-order valence-corrected chi connectivity index (χ3v) is 3.44. The number of carbonyl (C=O) groups excluding carboxylic acids is 1. The maximum Gasteiger partial charge on any atom is 0.306 e. The SMILES string of the molecule is CCCCCCC(CCCCC)CC(=O)OCC. The van der Waals surface area contributed by atoms with E-state index < -0.39 is 0 Å². The van der Waals surface area contributed by atoms with Gasteiger partial charge in [0.25, 0.3) is 0 Å². The first-order chi connectivity index (χ1) is 8.74. The van der Waals surface area contributed by atoms with Gasteiger partial charge in [0.2, 0.25) is 0 Å². The molecule has 108 valence electrons. The minimum atomic E-state index is -0.00510. The van der Waals surface area contributed by atoms with Crippen LogP contribution in [0.3, 0.4) is 0 Å². The topological polar surface area (TPSA) is 26.3 Å². The van der Waals surface area contributed by atoms with Gasteiger partial charge in [0.1, 0.15) is 0 Å². The summed E-state index contributed by atoms with van der Waals surface area (Å²) in [4.78, 5) is 11.6. The highest BCUT2D eigenvalue weighted by molar-refractivity contribution is 5.69. The first-order valence-electron chi connectivity index (χ1n) is 7.90. The zero-order valence-electron chi connectivity index (χ0n) is 12.7. The Hall–Kier alpha value is -0.530. The molecule has 0 fully saturated rings. The normalized spacial score (nSPS) is 12.4. The summed E-state index contributed by atoms with van der Waals surface area (Å²) in [6, 6.07) is 0. The van der Waals surface area contributed by atoms with Gasteiger partial charge in [-0.15, -0.1) is 0 Å². The van der Waals surface area contributed by atoms with E-state index in [0.717, 1.165) is 0 Å². The molecule has 0 aliphatic rings. The van der Waals surface area contributed by atoms with Crippen LogP contribution in [-0.4, -0.2) is 12.6 Å². The van der Waals surface area contributed by atoms with Crippen molar-refractivity contribution in [1.82, 2.24) is 0 Å². The van der Waals surface area contributed by atoms with Crippen LogP contribution in [0.5, 0.6) is 0 Å². The smallest absolute Gasteiger partial charge is 0.306 e. The number of hydrogen-bond acceptors (Lipinski definition) is 2. The summed E-state index contributed by atoms with van der Waals surface area (Å²) in [6.07, 6.45) is 12.0. The summed E-state index contributed by atoms with van der Waals surface area (Å²) in [5, 5.41) is 0. The van der Waals surface area contributed by atoms with Gasteiger partial charge in [-0.2, -0.15) is 0 Å². The van der Waals surface area contributed by atoms with E-state index in [2.05, 4.69) is 13.8 Å². The highest BCUT2D eigenvalue weighted by Gasteiger charge is 2.14. The molecule has 0 spiro atoms. The summed E-state index contributed by atoms with van der Waals surface area (Å²) in [7, 11) is 0. The standard InChI is InChI=1S/C16H32O2/c1-4-7-9-11-13-15(12-10-8-5-2)14-16(17)18-6-3/h15H,4-14H2,1-3H3. The number of hydrogen-bond donors (Lipinski definition) is 0. The van der Waals surface area contributed by atoms with Crippen molar-refractivity contribution in [3.8, 4) is 0 Å². The van der Waals surface area contributed by atoms with E-state index in [4.69, 9.17) is 4.74 Å². The molecule has 0 amide bonds. The number of esters is 1. The average Bonchev–Trinajstić information content (AvgIpc) is 2.35. The van der Waals surface area contributed by atoms with Crippen molar-refractivity contribution < 1.29 is 9.53 Å². The zero-order valence-corrected chi connectivity index (χ0v) is 12.7. The largest absolute Gasteiger partial charge is 0.466 e. The molecule has 0 aromatic rings. The quantitative estimate of drug-likeness (QED) is 0.358. The van der Waals surface area contributed by atoms with Gasteiger partial charge in [-0.1, -0.05) is 58.8 Å². The molecule has 1 atom stereocenters. The lowest BCUT2D eigenvalue weighted by molar-refractivity contribution is -0.144. The Kier molecular flexibility index (Phi) is 12.5. The molecule has 0 bridgehead atoms. The molecule has 0 N–H and O–H groups in total. The maximum absolute atomic E-state index is 11.6. The summed E-state index contributed by atoms with van der Waals surface area (Å²) < 4.78 is 5.07. The first-order valence-corrected chi connectivity index (χ1v) is 7.90. The third-order valence-electron chi connectivity index (χ3n) is 3.44. The molecule has 0 saturated carbocycles. The highest BCUT2D eigenvalue weighted by atomic mass is 16.5. The fourth-order valence-electron chi connectivity index (χ4n) is 2.35. The van der Waals surface area contributed by atoms with Crippen LogP contribution in [0, 0.1) is 5.92 Å². The van der Waals surface area contributed by atoms with E-state index in [1.54, 1.807) is 0 Å². The number of carbonyl (C=O) groups is 1. The molecular weight excluding hydrogens is 224 g/mol. The van der Waals surface area contributed by atoms with E-state index in [0.29, 0.717) is 18.9 Å². The van der Waals surface area contributed by atoms with E-state index in [-0.39, 0.29) is 5.97 Å². The Bertz CT molecular complexity index is 190. The summed E-state index contributed by atoms with van der Waals surface area (Å²) in [5.74, 6) is 0.543. The van der Waals surface area contributed by atoms with Gasteiger partial charge in [0, 0.05) is 6.42 Å². The minimum Gasteiger partial charge on any atom is -0.466 e. The second-order valence-corrected chi connectivity index (χ2v) is 5.22. The Balaban J connectivity index is 3.87. The van der Waals surface area contributed by atoms with Crippen LogP contribution in [0.2, 0.25) is 0 Å². The van der Waals surface area contributed by atoms with E-state index in [1.807, 2.05) is 6.92 Å². The zero-order chi connectivity index (χ0) is 13.6. The predicted molar refractivity (Wildman–Crippen MR) is 77.6 cm³/mol. The predicted octanol–water partition coefficient (Wildman–Crippen LogP) is 5.11. The minimum absolute atomic E-state index is 0.00510. The number of unbranched alkanes of at least 4 members (excludes halogenated alkanes) is 5. The van der Waals surface area contributed by atoms with Crippen LogP contribution < -0.4 is 0 Å². The molecule has 0 aliphatic carbocycles. The highest BCUT2D eigenvalue weighted by Crippen LogP contribution is 2.21. The van der Waals surface area contributed by atoms with Crippen LogP contribution in [0.1, 0.15) is 85.0 Å². The molecule has 0 radical (unpaired) electrons. The van der Waals surface area contributed by atoms with Crippen molar-refractivity contribution in [2.24, 2.45) is 5.92 Å². The van der Waals surface area contributed by atoms with Crippen molar-refractivity contribution in [2.75, 3.05) is 6.61 Å². The lowest BCUT2D eigenvalue weighted by atomic mass is 9.92. The van der Waals surface area contributed by atoms with E-state index in [9.17, 15) is 4.79 Å². The van der Waals surface area contributed by atoms with Crippen LogP contribution >= 0.6 is 0 Å². The van der Waals surface area contributed by atoms with Crippen LogP contribution in [-0.2, 0) is 9.53 Å². The van der Waals surface area contributed by atoms with Gasteiger partial charge in [0.15, 0.2) is 0 Å². The lowest BCUT2D eigenvalue weighted by Crippen LogP contribution is -2.12. The van der Waals surface area contributed by atoms with Gasteiger partial charge in [-0.3, -0.25) is 4.79 Å².